The second-order valence-corrected chi connectivity index (χ2v) is 7.49. The largest absolute Gasteiger partial charge is 0.324 e. The lowest BCUT2D eigenvalue weighted by Crippen LogP contribution is -2.15. The molecule has 0 aliphatic rings. The van der Waals surface area contributed by atoms with E-state index in [1.165, 1.54) is 29.6 Å². The van der Waals surface area contributed by atoms with Gasteiger partial charge in [-0.3, -0.25) is 14.9 Å². The Morgan fingerprint density at radius 1 is 1.38 bits per heavy atom. The summed E-state index contributed by atoms with van der Waals surface area (Å²) in [4.78, 5) is 27.5. The number of para-hydroxylation sites is 1. The van der Waals surface area contributed by atoms with Crippen LogP contribution in [0.4, 0.5) is 5.00 Å². The van der Waals surface area contributed by atoms with Gasteiger partial charge in [0.1, 0.15) is 0 Å². The number of aromatic nitrogens is 1. The summed E-state index contributed by atoms with van der Waals surface area (Å²) in [5.74, 6) is 2.04. The van der Waals surface area contributed by atoms with Crippen molar-refractivity contribution in [1.29, 1.82) is 0 Å². The first-order chi connectivity index (χ1) is 12.5. The fourth-order valence-electron chi connectivity index (χ4n) is 2.22. The van der Waals surface area contributed by atoms with Crippen molar-refractivity contribution in [3.8, 4) is 12.3 Å². The predicted octanol–water partition coefficient (Wildman–Crippen LogP) is 4.10. The first kappa shape index (κ1) is 18.1. The van der Waals surface area contributed by atoms with Crippen LogP contribution in [0.15, 0.2) is 41.4 Å². The molecule has 130 valence electrons. The molecule has 2 aromatic heterocycles. The maximum Gasteiger partial charge on any atom is 0.324 e. The number of nitrogens with zero attached hydrogens (tertiary/aromatic N) is 3. The minimum absolute atomic E-state index is 0.0139. The molecule has 1 amide bonds. The predicted molar refractivity (Wildman–Crippen MR) is 104 cm³/mol. The Hall–Kier alpha value is -2.73. The second-order valence-electron chi connectivity index (χ2n) is 4.98. The normalized spacial score (nSPS) is 11.9. The molecule has 0 radical (unpaired) electrons. The van der Waals surface area contributed by atoms with Crippen LogP contribution in [-0.2, 0) is 11.3 Å². The van der Waals surface area contributed by atoms with Crippen molar-refractivity contribution in [2.75, 3.05) is 0 Å². The van der Waals surface area contributed by atoms with E-state index in [0.717, 1.165) is 21.6 Å². The lowest BCUT2D eigenvalue weighted by atomic mass is 10.3. The molecular formula is C17H10ClN3O3S2. The number of halogens is 1. The summed E-state index contributed by atoms with van der Waals surface area (Å²) in [6, 6.07) is 8.41. The Morgan fingerprint density at radius 2 is 2.19 bits per heavy atom. The molecular weight excluding hydrogens is 394 g/mol. The van der Waals surface area contributed by atoms with Crippen LogP contribution in [0.25, 0.3) is 16.3 Å². The molecule has 0 saturated heterocycles. The van der Waals surface area contributed by atoms with Crippen LogP contribution in [0.2, 0.25) is 5.02 Å². The van der Waals surface area contributed by atoms with Gasteiger partial charge in [0.25, 0.3) is 5.91 Å². The van der Waals surface area contributed by atoms with Crippen molar-refractivity contribution >= 4 is 61.5 Å². The average molecular weight is 404 g/mol. The molecule has 0 aliphatic heterocycles. The summed E-state index contributed by atoms with van der Waals surface area (Å²) in [5.41, 5.74) is 0.738. The van der Waals surface area contributed by atoms with Crippen LogP contribution in [0.3, 0.4) is 0 Å². The van der Waals surface area contributed by atoms with Crippen molar-refractivity contribution in [1.82, 2.24) is 4.57 Å². The number of thiophene rings is 1. The van der Waals surface area contributed by atoms with Crippen LogP contribution in [0.1, 0.15) is 4.88 Å². The van der Waals surface area contributed by atoms with Gasteiger partial charge in [-0.1, -0.05) is 46.3 Å². The zero-order valence-corrected chi connectivity index (χ0v) is 15.5. The number of nitro groups is 1. The topological polar surface area (TPSA) is 77.5 Å². The second kappa shape index (κ2) is 7.66. The van der Waals surface area contributed by atoms with E-state index in [2.05, 4.69) is 10.9 Å². The lowest BCUT2D eigenvalue weighted by molar-refractivity contribution is -0.380. The van der Waals surface area contributed by atoms with Gasteiger partial charge in [-0.25, -0.2) is 0 Å². The third-order valence-electron chi connectivity index (χ3n) is 3.29. The van der Waals surface area contributed by atoms with Crippen molar-refractivity contribution in [2.45, 2.75) is 6.54 Å². The molecule has 0 saturated carbocycles. The number of hydrogen-bond acceptors (Lipinski definition) is 5. The van der Waals surface area contributed by atoms with Gasteiger partial charge in [0.05, 0.1) is 26.7 Å². The van der Waals surface area contributed by atoms with Crippen molar-refractivity contribution in [3.05, 3.63) is 61.2 Å². The van der Waals surface area contributed by atoms with E-state index >= 15 is 0 Å². The van der Waals surface area contributed by atoms with E-state index in [1.807, 2.05) is 12.1 Å². The summed E-state index contributed by atoms with van der Waals surface area (Å²) < 4.78 is 2.58. The summed E-state index contributed by atoms with van der Waals surface area (Å²) in [6.07, 6.45) is 8.18. The fourth-order valence-corrected chi connectivity index (χ4v) is 4.34. The highest BCUT2D eigenvalue weighted by Gasteiger charge is 2.10. The Morgan fingerprint density at radius 3 is 2.88 bits per heavy atom. The third kappa shape index (κ3) is 3.75. The first-order valence-electron chi connectivity index (χ1n) is 7.22. The molecule has 2 heterocycles. The van der Waals surface area contributed by atoms with Gasteiger partial charge in [0.15, 0.2) is 4.80 Å². The van der Waals surface area contributed by atoms with E-state index in [-0.39, 0.29) is 11.5 Å². The quantitative estimate of drug-likeness (QED) is 0.285. The molecule has 9 heteroatoms. The summed E-state index contributed by atoms with van der Waals surface area (Å²) in [7, 11) is 0. The third-order valence-corrected chi connectivity index (χ3v) is 5.64. The molecule has 1 aromatic carbocycles. The summed E-state index contributed by atoms with van der Waals surface area (Å²) in [6.45, 7) is 0.233. The molecule has 0 fully saturated rings. The van der Waals surface area contributed by atoms with E-state index in [4.69, 9.17) is 18.0 Å². The monoisotopic (exact) mass is 403 g/mol. The standard InChI is InChI=1S/C17H10ClN3O3S2/c1-2-10-20-16-12(18)4-3-5-13(16)26-17(20)19-14(22)8-6-11-7-9-15(25-11)21(23)24/h1,3-9H,10H2. The molecule has 3 aromatic rings. The molecule has 0 aliphatic carbocycles. The number of terminal acetylenes is 1. The number of fused-ring (bicyclic) bond motifs is 1. The SMILES string of the molecule is C#CCn1c(=NC(=O)C=Cc2ccc([N+](=O)[O-])s2)sc2cccc(Cl)c21. The van der Waals surface area contributed by atoms with Crippen LogP contribution < -0.4 is 4.80 Å². The smallest absolute Gasteiger partial charge is 0.303 e. The number of amides is 1. The maximum atomic E-state index is 12.2. The van der Waals surface area contributed by atoms with Gasteiger partial charge in [0, 0.05) is 17.0 Å². The molecule has 6 nitrogen and oxygen atoms in total. The van der Waals surface area contributed by atoms with Gasteiger partial charge >= 0.3 is 5.00 Å². The minimum atomic E-state index is -0.491. The minimum Gasteiger partial charge on any atom is -0.303 e. The van der Waals surface area contributed by atoms with Gasteiger partial charge < -0.3 is 4.57 Å². The molecule has 3 rings (SSSR count). The number of hydrogen-bond donors (Lipinski definition) is 0. The molecule has 0 unspecified atom stereocenters. The molecule has 26 heavy (non-hydrogen) atoms. The number of thiazole rings is 1. The van der Waals surface area contributed by atoms with Crippen LogP contribution in [0, 0.1) is 22.5 Å². The number of benzene rings is 1. The Balaban J connectivity index is 1.96. The Bertz CT molecular complexity index is 1150. The van der Waals surface area contributed by atoms with E-state index in [1.54, 1.807) is 16.7 Å². The summed E-state index contributed by atoms with van der Waals surface area (Å²) in [5, 5.41) is 11.2. The van der Waals surface area contributed by atoms with Gasteiger partial charge in [-0.05, 0) is 24.3 Å². The fraction of sp³-hybridized carbons (Fsp3) is 0.0588. The van der Waals surface area contributed by atoms with Crippen molar-refractivity contribution in [2.24, 2.45) is 4.99 Å². The zero-order chi connectivity index (χ0) is 18.7. The van der Waals surface area contributed by atoms with Gasteiger partial charge in [-0.15, -0.1) is 6.42 Å². The van der Waals surface area contributed by atoms with Crippen LogP contribution in [0.5, 0.6) is 0 Å². The number of rotatable bonds is 4. The molecule has 0 bridgehead atoms. The van der Waals surface area contributed by atoms with Crippen molar-refractivity contribution in [3.63, 3.8) is 0 Å². The van der Waals surface area contributed by atoms with Crippen molar-refractivity contribution < 1.29 is 9.72 Å². The lowest BCUT2D eigenvalue weighted by Gasteiger charge is -2.00. The maximum absolute atomic E-state index is 12.2. The molecule has 0 atom stereocenters. The highest BCUT2D eigenvalue weighted by molar-refractivity contribution is 7.16. The highest BCUT2D eigenvalue weighted by atomic mass is 35.5. The van der Waals surface area contributed by atoms with Gasteiger partial charge in [-0.2, -0.15) is 4.99 Å². The molecule has 0 spiro atoms. The average Bonchev–Trinajstić information content (AvgIpc) is 3.20. The van der Waals surface area contributed by atoms with Gasteiger partial charge in [0.2, 0.25) is 0 Å². The Kier molecular flexibility index (Phi) is 5.32. The number of carbonyl (C=O) groups is 1. The van der Waals surface area contributed by atoms with Crippen LogP contribution in [-0.4, -0.2) is 15.4 Å². The zero-order valence-electron chi connectivity index (χ0n) is 13.1. The van der Waals surface area contributed by atoms with Crippen LogP contribution >= 0.6 is 34.3 Å². The Labute approximate surface area is 160 Å². The molecule has 0 N–H and O–H groups in total. The first-order valence-corrected chi connectivity index (χ1v) is 9.23. The van der Waals surface area contributed by atoms with E-state index in [9.17, 15) is 14.9 Å². The highest BCUT2D eigenvalue weighted by Crippen LogP contribution is 2.26. The number of carbonyl (C=O) groups excluding carboxylic acids is 1. The van der Waals surface area contributed by atoms with E-state index < -0.39 is 10.8 Å². The summed E-state index contributed by atoms with van der Waals surface area (Å²) >= 11 is 8.53. The van der Waals surface area contributed by atoms with E-state index in [0.29, 0.717) is 14.7 Å².